The van der Waals surface area contributed by atoms with Gasteiger partial charge in [-0.15, -0.1) is 0 Å². The normalized spacial score (nSPS) is 12.1. The van der Waals surface area contributed by atoms with Gasteiger partial charge in [-0.2, -0.15) is 5.10 Å². The molecule has 158 valence electrons. The fourth-order valence-electron chi connectivity index (χ4n) is 2.98. The zero-order valence-electron chi connectivity index (χ0n) is 17.0. The van der Waals surface area contributed by atoms with Crippen molar-refractivity contribution in [2.75, 3.05) is 25.0 Å². The number of halogens is 2. The van der Waals surface area contributed by atoms with E-state index in [-0.39, 0.29) is 30.7 Å². The van der Waals surface area contributed by atoms with Gasteiger partial charge < -0.3 is 10.1 Å². The zero-order valence-corrected chi connectivity index (χ0v) is 18.5. The fraction of sp³-hybridized carbons (Fsp3) is 0.450. The van der Waals surface area contributed by atoms with E-state index in [1.807, 2.05) is 30.9 Å². The van der Waals surface area contributed by atoms with E-state index in [9.17, 15) is 9.59 Å². The van der Waals surface area contributed by atoms with Crippen LogP contribution in [0.15, 0.2) is 24.4 Å². The van der Waals surface area contributed by atoms with Crippen molar-refractivity contribution in [2.24, 2.45) is 7.05 Å². The number of hydrogen-bond donors (Lipinski definition) is 1. The molecular formula is C20H26Cl2N4O3. The minimum Gasteiger partial charge on any atom is -0.462 e. The first-order chi connectivity index (χ1) is 13.8. The molecule has 1 heterocycles. The number of nitrogens with zero attached hydrogens (tertiary/aromatic N) is 3. The first-order valence-electron chi connectivity index (χ1n) is 9.46. The Labute approximate surface area is 180 Å². The Bertz CT molecular complexity index is 869. The van der Waals surface area contributed by atoms with Gasteiger partial charge in [-0.05, 0) is 44.5 Å². The van der Waals surface area contributed by atoms with Crippen molar-refractivity contribution in [3.8, 4) is 0 Å². The third-order valence-corrected chi connectivity index (χ3v) is 5.26. The first kappa shape index (κ1) is 23.2. The van der Waals surface area contributed by atoms with Crippen LogP contribution in [0.5, 0.6) is 0 Å². The average molecular weight is 441 g/mol. The van der Waals surface area contributed by atoms with Crippen LogP contribution in [0, 0.1) is 0 Å². The number of benzene rings is 1. The number of rotatable bonds is 9. The summed E-state index contributed by atoms with van der Waals surface area (Å²) in [7, 11) is 1.65. The molecule has 1 atom stereocenters. The van der Waals surface area contributed by atoms with Gasteiger partial charge >= 0.3 is 5.97 Å². The molecule has 0 aliphatic rings. The second-order valence-electron chi connectivity index (χ2n) is 6.62. The standard InChI is InChI=1S/C20H26Cl2N4O3/c1-5-9-26(13(3)14-7-8-16(21)17(22)10-14)12-18(27)24-19-15(11-23-25(19)4)20(28)29-6-2/h7-8,10-11,13H,5-6,9,12H2,1-4H3,(H,24,27). The van der Waals surface area contributed by atoms with Gasteiger partial charge in [-0.25, -0.2) is 4.79 Å². The van der Waals surface area contributed by atoms with Crippen molar-refractivity contribution < 1.29 is 14.3 Å². The monoisotopic (exact) mass is 440 g/mol. The SMILES string of the molecule is CCCN(CC(=O)Nc1c(C(=O)OCC)cnn1C)C(C)c1ccc(Cl)c(Cl)c1. The summed E-state index contributed by atoms with van der Waals surface area (Å²) in [6.07, 6.45) is 2.26. The first-order valence-corrected chi connectivity index (χ1v) is 10.2. The molecule has 0 aliphatic carbocycles. The maximum absolute atomic E-state index is 12.7. The molecule has 1 N–H and O–H groups in total. The third-order valence-electron chi connectivity index (χ3n) is 4.52. The van der Waals surface area contributed by atoms with E-state index in [2.05, 4.69) is 10.4 Å². The smallest absolute Gasteiger partial charge is 0.343 e. The number of carbonyl (C=O) groups is 2. The molecule has 0 radical (unpaired) electrons. The number of esters is 1. The van der Waals surface area contributed by atoms with Gasteiger partial charge in [0.1, 0.15) is 11.4 Å². The van der Waals surface area contributed by atoms with Crippen LogP contribution in [0.3, 0.4) is 0 Å². The Balaban J connectivity index is 2.15. The summed E-state index contributed by atoms with van der Waals surface area (Å²) in [4.78, 5) is 26.9. The van der Waals surface area contributed by atoms with E-state index in [1.165, 1.54) is 10.9 Å². The molecule has 0 saturated heterocycles. The molecule has 1 unspecified atom stereocenters. The molecule has 0 aliphatic heterocycles. The van der Waals surface area contributed by atoms with Crippen LogP contribution >= 0.6 is 23.2 Å². The largest absolute Gasteiger partial charge is 0.462 e. The van der Waals surface area contributed by atoms with Crippen molar-refractivity contribution in [2.45, 2.75) is 33.2 Å². The predicted octanol–water partition coefficient (Wildman–Crippen LogP) is 4.32. The fourth-order valence-corrected chi connectivity index (χ4v) is 3.29. The molecule has 9 heteroatoms. The summed E-state index contributed by atoms with van der Waals surface area (Å²) in [6.45, 7) is 6.88. The van der Waals surface area contributed by atoms with Gasteiger partial charge in [0.15, 0.2) is 0 Å². The number of anilines is 1. The molecule has 7 nitrogen and oxygen atoms in total. The van der Waals surface area contributed by atoms with Crippen molar-refractivity contribution in [3.63, 3.8) is 0 Å². The second-order valence-corrected chi connectivity index (χ2v) is 7.43. The van der Waals surface area contributed by atoms with Crippen LogP contribution in [0.25, 0.3) is 0 Å². The lowest BCUT2D eigenvalue weighted by molar-refractivity contribution is -0.117. The van der Waals surface area contributed by atoms with Gasteiger partial charge in [-0.1, -0.05) is 36.2 Å². The molecule has 0 fully saturated rings. The summed E-state index contributed by atoms with van der Waals surface area (Å²) >= 11 is 12.2. The number of carbonyl (C=O) groups excluding carboxylic acids is 2. The van der Waals surface area contributed by atoms with Crippen molar-refractivity contribution >= 4 is 40.9 Å². The number of aryl methyl sites for hydroxylation is 1. The quantitative estimate of drug-likeness (QED) is 0.587. The Morgan fingerprint density at radius 3 is 2.62 bits per heavy atom. The van der Waals surface area contributed by atoms with Gasteiger partial charge in [-0.3, -0.25) is 14.4 Å². The Kier molecular flexibility index (Phi) is 8.49. The summed E-state index contributed by atoms with van der Waals surface area (Å²) in [5.41, 5.74) is 1.19. The van der Waals surface area contributed by atoms with E-state index < -0.39 is 5.97 Å². The topological polar surface area (TPSA) is 76.5 Å². The maximum atomic E-state index is 12.7. The van der Waals surface area contributed by atoms with Crippen molar-refractivity contribution in [3.05, 3.63) is 45.6 Å². The summed E-state index contributed by atoms with van der Waals surface area (Å²) in [5.74, 6) is -0.461. The lowest BCUT2D eigenvalue weighted by Crippen LogP contribution is -2.36. The van der Waals surface area contributed by atoms with Gasteiger partial charge in [0.05, 0.1) is 29.4 Å². The number of ether oxygens (including phenoxy) is 1. The van der Waals surface area contributed by atoms with Crippen LogP contribution in [0.1, 0.15) is 49.2 Å². The molecule has 1 amide bonds. The lowest BCUT2D eigenvalue weighted by atomic mass is 10.1. The average Bonchev–Trinajstić information content (AvgIpc) is 3.03. The summed E-state index contributed by atoms with van der Waals surface area (Å²) in [6, 6.07) is 5.42. The highest BCUT2D eigenvalue weighted by atomic mass is 35.5. The van der Waals surface area contributed by atoms with Gasteiger partial charge in [0.25, 0.3) is 0 Å². The Hall–Kier alpha value is -2.09. The lowest BCUT2D eigenvalue weighted by Gasteiger charge is -2.28. The van der Waals surface area contributed by atoms with E-state index in [4.69, 9.17) is 27.9 Å². The van der Waals surface area contributed by atoms with E-state index in [0.29, 0.717) is 22.4 Å². The highest BCUT2D eigenvalue weighted by molar-refractivity contribution is 6.42. The van der Waals surface area contributed by atoms with Crippen LogP contribution < -0.4 is 5.32 Å². The molecule has 0 spiro atoms. The number of nitrogens with one attached hydrogen (secondary N) is 1. The molecule has 0 bridgehead atoms. The predicted molar refractivity (Wildman–Crippen MR) is 115 cm³/mol. The molecule has 0 saturated carbocycles. The molecule has 2 aromatic rings. The van der Waals surface area contributed by atoms with Crippen LogP contribution in [-0.4, -0.2) is 46.3 Å². The highest BCUT2D eigenvalue weighted by Gasteiger charge is 2.22. The summed E-state index contributed by atoms with van der Waals surface area (Å²) < 4.78 is 6.46. The zero-order chi connectivity index (χ0) is 21.6. The van der Waals surface area contributed by atoms with Gasteiger partial charge in [0.2, 0.25) is 5.91 Å². The maximum Gasteiger partial charge on any atom is 0.343 e. The van der Waals surface area contributed by atoms with Crippen LogP contribution in [0.4, 0.5) is 5.82 Å². The van der Waals surface area contributed by atoms with E-state index >= 15 is 0 Å². The number of amides is 1. The van der Waals surface area contributed by atoms with Crippen molar-refractivity contribution in [1.29, 1.82) is 0 Å². The number of aromatic nitrogens is 2. The minimum absolute atomic E-state index is 0.0495. The van der Waals surface area contributed by atoms with Crippen LogP contribution in [0.2, 0.25) is 10.0 Å². The summed E-state index contributed by atoms with van der Waals surface area (Å²) in [5, 5.41) is 7.80. The van der Waals surface area contributed by atoms with Crippen LogP contribution in [-0.2, 0) is 16.6 Å². The number of hydrogen-bond acceptors (Lipinski definition) is 5. The Morgan fingerprint density at radius 2 is 2.00 bits per heavy atom. The van der Waals surface area contributed by atoms with E-state index in [1.54, 1.807) is 20.0 Å². The molecule has 1 aromatic heterocycles. The highest BCUT2D eigenvalue weighted by Crippen LogP contribution is 2.28. The van der Waals surface area contributed by atoms with Gasteiger partial charge in [0, 0.05) is 13.1 Å². The molecular weight excluding hydrogens is 415 g/mol. The molecule has 2 rings (SSSR count). The molecule has 1 aromatic carbocycles. The minimum atomic E-state index is -0.523. The van der Waals surface area contributed by atoms with E-state index in [0.717, 1.165) is 12.0 Å². The van der Waals surface area contributed by atoms with Crippen molar-refractivity contribution in [1.82, 2.24) is 14.7 Å². The molecule has 29 heavy (non-hydrogen) atoms. The Morgan fingerprint density at radius 1 is 1.28 bits per heavy atom. The second kappa shape index (κ2) is 10.6. The third kappa shape index (κ3) is 5.95.